The lowest BCUT2D eigenvalue weighted by atomic mass is 9.45. The Morgan fingerprint density at radius 3 is 2.38 bits per heavy atom. The van der Waals surface area contributed by atoms with Crippen LogP contribution in [-0.2, 0) is 4.74 Å². The number of hydrogen-bond acceptors (Lipinski definition) is 3. The fourth-order valence-electron chi connectivity index (χ4n) is 8.40. The van der Waals surface area contributed by atoms with Crippen molar-refractivity contribution in [1.82, 2.24) is 0 Å². The van der Waals surface area contributed by atoms with E-state index in [4.69, 9.17) is 4.74 Å². The number of rotatable bonds is 5. The third kappa shape index (κ3) is 3.57. The Labute approximate surface area is 196 Å². The Kier molecular flexibility index (Phi) is 6.53. The minimum absolute atomic E-state index is 0.214. The van der Waals surface area contributed by atoms with E-state index in [1.807, 2.05) is 0 Å². The van der Waals surface area contributed by atoms with Crippen LogP contribution in [0.15, 0.2) is 23.8 Å². The van der Waals surface area contributed by atoms with E-state index < -0.39 is 11.7 Å². The highest BCUT2D eigenvalue weighted by molar-refractivity contribution is 5.33. The Morgan fingerprint density at radius 2 is 1.72 bits per heavy atom. The molecule has 0 aromatic rings. The maximum atomic E-state index is 11.9. The molecule has 182 valence electrons. The average molecular weight is 445 g/mol. The van der Waals surface area contributed by atoms with Crippen molar-refractivity contribution in [2.75, 3.05) is 7.11 Å². The van der Waals surface area contributed by atoms with E-state index in [2.05, 4.69) is 59.8 Å². The van der Waals surface area contributed by atoms with Gasteiger partial charge in [0.05, 0.1) is 6.10 Å². The lowest BCUT2D eigenvalue weighted by Crippen LogP contribution is -2.65. The number of ether oxygens (including phenoxy) is 1. The summed E-state index contributed by atoms with van der Waals surface area (Å²) in [5, 5.41) is 22.3. The Bertz CT molecular complexity index is 756. The van der Waals surface area contributed by atoms with Crippen molar-refractivity contribution in [1.29, 1.82) is 0 Å². The summed E-state index contributed by atoms with van der Waals surface area (Å²) in [7, 11) is 1.73. The smallest absolute Gasteiger partial charge is 0.105 e. The van der Waals surface area contributed by atoms with Gasteiger partial charge >= 0.3 is 0 Å². The molecule has 32 heavy (non-hydrogen) atoms. The van der Waals surface area contributed by atoms with Crippen LogP contribution in [0.5, 0.6) is 0 Å². The molecule has 4 aliphatic carbocycles. The second-order valence-electron chi connectivity index (χ2n) is 12.7. The van der Waals surface area contributed by atoms with E-state index in [0.29, 0.717) is 47.3 Å². The van der Waals surface area contributed by atoms with Gasteiger partial charge in [-0.3, -0.25) is 0 Å². The average Bonchev–Trinajstić information content (AvgIpc) is 3.09. The van der Waals surface area contributed by atoms with Crippen molar-refractivity contribution in [2.24, 2.45) is 46.3 Å². The molecule has 4 rings (SSSR count). The minimum atomic E-state index is -0.970. The van der Waals surface area contributed by atoms with E-state index in [1.165, 1.54) is 19.3 Å². The Morgan fingerprint density at radius 1 is 1.00 bits per heavy atom. The summed E-state index contributed by atoms with van der Waals surface area (Å²) in [5.41, 5.74) is 0.714. The first kappa shape index (κ1) is 24.5. The molecule has 0 heterocycles. The molecule has 3 saturated carbocycles. The molecule has 0 radical (unpaired) electrons. The molecule has 3 nitrogen and oxygen atoms in total. The quantitative estimate of drug-likeness (QED) is 0.500. The molecule has 0 amide bonds. The van der Waals surface area contributed by atoms with Gasteiger partial charge in [-0.15, -0.1) is 0 Å². The van der Waals surface area contributed by atoms with Crippen LogP contribution >= 0.6 is 0 Å². The third-order valence-corrected chi connectivity index (χ3v) is 11.0. The van der Waals surface area contributed by atoms with Crippen LogP contribution in [0.25, 0.3) is 0 Å². The summed E-state index contributed by atoms with van der Waals surface area (Å²) >= 11 is 0. The molecular weight excluding hydrogens is 396 g/mol. The maximum absolute atomic E-state index is 11.9. The van der Waals surface area contributed by atoms with Crippen LogP contribution in [0.3, 0.4) is 0 Å². The van der Waals surface area contributed by atoms with Gasteiger partial charge < -0.3 is 14.9 Å². The van der Waals surface area contributed by atoms with Crippen LogP contribution in [0, 0.1) is 46.3 Å². The largest absolute Gasteiger partial charge is 0.393 e. The SMILES string of the molecule is CO[C@@H]1C=C2[C@@H]3CC[C@H]([C@H](C)/C=C/[C@@H](C)C(C)C)[C@@]3(C)CC[C@@H]2[C@@]2(C)CC[C@H](O)C[C@]12O. The maximum Gasteiger partial charge on any atom is 0.105 e. The molecule has 2 N–H and O–H groups in total. The fourth-order valence-corrected chi connectivity index (χ4v) is 8.40. The van der Waals surface area contributed by atoms with Crippen molar-refractivity contribution in [3.8, 4) is 0 Å². The molecule has 0 bridgehead atoms. The summed E-state index contributed by atoms with van der Waals surface area (Å²) in [6.07, 6.45) is 13.6. The van der Waals surface area contributed by atoms with E-state index in [-0.39, 0.29) is 11.5 Å². The van der Waals surface area contributed by atoms with Gasteiger partial charge in [-0.05, 0) is 79.4 Å². The van der Waals surface area contributed by atoms with Gasteiger partial charge in [0, 0.05) is 18.9 Å². The second-order valence-corrected chi connectivity index (χ2v) is 12.7. The number of fused-ring (bicyclic) bond motifs is 5. The molecule has 0 saturated heterocycles. The van der Waals surface area contributed by atoms with Crippen molar-refractivity contribution < 1.29 is 14.9 Å². The standard InChI is InChI=1S/C29H48O3/c1-18(2)19(3)8-9-20(4)23-10-11-24-22-16-26(32-7)29(31)17-21(30)12-15-28(29,6)25(22)13-14-27(23,24)5/h8-9,16,18-21,23-26,30-31H,10-15,17H2,1-7H3/b9-8+/t19-,20-,21+,23-,24+,25+,26-,27-,28-,29+/m1/s1. The Hall–Kier alpha value is -0.640. The number of aliphatic hydroxyl groups is 2. The number of aliphatic hydroxyl groups excluding tert-OH is 1. The molecule has 0 aromatic heterocycles. The number of allylic oxidation sites excluding steroid dienone is 3. The predicted octanol–water partition coefficient (Wildman–Crippen LogP) is 6.15. The molecule has 4 aliphatic rings. The molecule has 0 aromatic carbocycles. The first-order valence-electron chi connectivity index (χ1n) is 13.3. The second kappa shape index (κ2) is 8.54. The zero-order chi connectivity index (χ0) is 23.5. The minimum Gasteiger partial charge on any atom is -0.393 e. The van der Waals surface area contributed by atoms with Gasteiger partial charge in [0.2, 0.25) is 0 Å². The van der Waals surface area contributed by atoms with Crippen LogP contribution in [0.4, 0.5) is 0 Å². The van der Waals surface area contributed by atoms with Crippen molar-refractivity contribution in [3.63, 3.8) is 0 Å². The van der Waals surface area contributed by atoms with Crippen molar-refractivity contribution >= 4 is 0 Å². The number of hydrogen-bond donors (Lipinski definition) is 2. The molecule has 0 unspecified atom stereocenters. The highest BCUT2D eigenvalue weighted by atomic mass is 16.5. The highest BCUT2D eigenvalue weighted by Crippen LogP contribution is 2.67. The van der Waals surface area contributed by atoms with Gasteiger partial charge in [-0.1, -0.05) is 65.3 Å². The van der Waals surface area contributed by atoms with Gasteiger partial charge in [0.15, 0.2) is 0 Å². The lowest BCUT2D eigenvalue weighted by molar-refractivity contribution is -0.216. The fraction of sp³-hybridized carbons (Fsp3) is 0.862. The third-order valence-electron chi connectivity index (χ3n) is 11.0. The van der Waals surface area contributed by atoms with E-state index in [9.17, 15) is 10.2 Å². The van der Waals surface area contributed by atoms with Crippen molar-refractivity contribution in [2.45, 2.75) is 104 Å². The van der Waals surface area contributed by atoms with Crippen LogP contribution in [0.1, 0.15) is 86.5 Å². The van der Waals surface area contributed by atoms with Crippen LogP contribution in [-0.4, -0.2) is 35.1 Å². The topological polar surface area (TPSA) is 49.7 Å². The van der Waals surface area contributed by atoms with E-state index >= 15 is 0 Å². The summed E-state index contributed by atoms with van der Waals surface area (Å²) in [4.78, 5) is 0. The van der Waals surface area contributed by atoms with Crippen LogP contribution < -0.4 is 0 Å². The highest BCUT2D eigenvalue weighted by Gasteiger charge is 2.65. The van der Waals surface area contributed by atoms with Gasteiger partial charge in [0.1, 0.15) is 11.7 Å². The zero-order valence-corrected chi connectivity index (χ0v) is 21.6. The van der Waals surface area contributed by atoms with E-state index in [1.54, 1.807) is 12.7 Å². The normalized spacial score (nSPS) is 48.2. The Balaban J connectivity index is 1.64. The molecular formula is C29H48O3. The summed E-state index contributed by atoms with van der Waals surface area (Å²) in [6.45, 7) is 14.2. The molecule has 3 heteroatoms. The monoisotopic (exact) mass is 444 g/mol. The predicted molar refractivity (Wildman–Crippen MR) is 131 cm³/mol. The first-order valence-corrected chi connectivity index (χ1v) is 13.3. The lowest BCUT2D eigenvalue weighted by Gasteiger charge is -2.62. The van der Waals surface area contributed by atoms with E-state index in [0.717, 1.165) is 19.3 Å². The summed E-state index contributed by atoms with van der Waals surface area (Å²) < 4.78 is 5.92. The first-order chi connectivity index (χ1) is 15.0. The van der Waals surface area contributed by atoms with Crippen LogP contribution in [0.2, 0.25) is 0 Å². The summed E-state index contributed by atoms with van der Waals surface area (Å²) in [5.74, 6) is 3.63. The van der Waals surface area contributed by atoms with Gasteiger partial charge in [-0.25, -0.2) is 0 Å². The molecule has 3 fully saturated rings. The van der Waals surface area contributed by atoms with Gasteiger partial charge in [0.25, 0.3) is 0 Å². The molecule has 10 atom stereocenters. The molecule has 0 aliphatic heterocycles. The summed E-state index contributed by atoms with van der Waals surface area (Å²) in [6, 6.07) is 0. The van der Waals surface area contributed by atoms with Gasteiger partial charge in [-0.2, -0.15) is 0 Å². The zero-order valence-electron chi connectivity index (χ0n) is 21.6. The number of methoxy groups -OCH3 is 1. The molecule has 0 spiro atoms. The van der Waals surface area contributed by atoms with Crippen molar-refractivity contribution in [3.05, 3.63) is 23.8 Å².